The van der Waals surface area contributed by atoms with E-state index < -0.39 is 23.2 Å². The van der Waals surface area contributed by atoms with E-state index in [1.807, 2.05) is 6.92 Å². The van der Waals surface area contributed by atoms with Crippen molar-refractivity contribution in [3.8, 4) is 11.5 Å². The van der Waals surface area contributed by atoms with Crippen LogP contribution in [0.15, 0.2) is 36.4 Å². The summed E-state index contributed by atoms with van der Waals surface area (Å²) in [6.07, 6.45) is -0.693. The predicted octanol–water partition coefficient (Wildman–Crippen LogP) is 4.68. The zero-order valence-electron chi connectivity index (χ0n) is 20.3. The lowest BCUT2D eigenvalue weighted by molar-refractivity contribution is -0.384. The number of carbonyl (C=O) groups is 2. The number of ether oxygens (including phenoxy) is 4. The van der Waals surface area contributed by atoms with Crippen LogP contribution < -0.4 is 14.4 Å². The van der Waals surface area contributed by atoms with Gasteiger partial charge in [-0.2, -0.15) is 0 Å². The molecule has 2 aromatic rings. The van der Waals surface area contributed by atoms with Gasteiger partial charge in [0.1, 0.15) is 0 Å². The number of carbonyl (C=O) groups excluding carboxylic acids is 2. The molecule has 0 unspecified atom stereocenters. The molecule has 0 aliphatic carbocycles. The Kier molecular flexibility index (Phi) is 8.00. The number of anilines is 1. The average molecular weight is 488 g/mol. The number of nitro benzene ring substituents is 1. The predicted molar refractivity (Wildman–Crippen MR) is 127 cm³/mol. The molecule has 11 heteroatoms. The second-order valence-electron chi connectivity index (χ2n) is 7.96. The Balaban J connectivity index is 2.11. The van der Waals surface area contributed by atoms with Gasteiger partial charge in [0.15, 0.2) is 11.5 Å². The number of hydrogen-bond donors (Lipinski definition) is 0. The van der Waals surface area contributed by atoms with Crippen LogP contribution in [0.5, 0.6) is 11.5 Å². The van der Waals surface area contributed by atoms with Crippen LogP contribution in [0.25, 0.3) is 0 Å². The zero-order chi connectivity index (χ0) is 25.7. The Morgan fingerprint density at radius 1 is 1.11 bits per heavy atom. The Bertz CT molecular complexity index is 1090. The Labute approximate surface area is 203 Å². The largest absolute Gasteiger partial charge is 0.493 e. The molecule has 0 bridgehead atoms. The summed E-state index contributed by atoms with van der Waals surface area (Å²) in [5.41, 5.74) is 1.82. The first-order valence-corrected chi connectivity index (χ1v) is 11.0. The molecule has 0 saturated heterocycles. The van der Waals surface area contributed by atoms with E-state index in [1.54, 1.807) is 36.1 Å². The fourth-order valence-corrected chi connectivity index (χ4v) is 4.26. The molecule has 0 aromatic heterocycles. The molecule has 1 aliphatic heterocycles. The number of benzene rings is 2. The third kappa shape index (κ3) is 5.23. The molecule has 0 radical (unpaired) electrons. The topological polar surface area (TPSA) is 121 Å². The summed E-state index contributed by atoms with van der Waals surface area (Å²) >= 11 is 0. The zero-order valence-corrected chi connectivity index (χ0v) is 20.3. The van der Waals surface area contributed by atoms with Crippen LogP contribution in [-0.2, 0) is 16.0 Å². The van der Waals surface area contributed by atoms with Gasteiger partial charge in [-0.1, -0.05) is 12.1 Å². The quantitative estimate of drug-likeness (QED) is 0.408. The first-order valence-electron chi connectivity index (χ1n) is 11.0. The highest BCUT2D eigenvalue weighted by atomic mass is 16.6. The number of hydrogen-bond acceptors (Lipinski definition) is 8. The van der Waals surface area contributed by atoms with Crippen molar-refractivity contribution in [1.29, 1.82) is 0 Å². The minimum atomic E-state index is -0.578. The fourth-order valence-electron chi connectivity index (χ4n) is 4.26. The van der Waals surface area contributed by atoms with Gasteiger partial charge in [0.2, 0.25) is 0 Å². The number of methoxy groups -OCH3 is 3. The van der Waals surface area contributed by atoms with Crippen molar-refractivity contribution in [2.45, 2.75) is 38.9 Å². The van der Waals surface area contributed by atoms with Gasteiger partial charge < -0.3 is 18.9 Å². The van der Waals surface area contributed by atoms with Gasteiger partial charge in [-0.25, -0.2) is 9.59 Å². The van der Waals surface area contributed by atoms with Crippen molar-refractivity contribution in [3.63, 3.8) is 0 Å². The van der Waals surface area contributed by atoms with Crippen LogP contribution in [0.3, 0.4) is 0 Å². The SMILES string of the molecule is CCOC(=O)N1c2cc(OC)c(OC)cc2[C@H](N(Cc2ccc([N+](=O)[O-])cc2)C(=O)OC)C[C@@H]1C. The van der Waals surface area contributed by atoms with Gasteiger partial charge in [-0.3, -0.25) is 19.9 Å². The summed E-state index contributed by atoms with van der Waals surface area (Å²) in [5.74, 6) is 0.864. The Hall–Kier alpha value is -4.02. The molecular formula is C24H29N3O8. The van der Waals surface area contributed by atoms with E-state index >= 15 is 0 Å². The summed E-state index contributed by atoms with van der Waals surface area (Å²) in [5, 5.41) is 11.0. The maximum absolute atomic E-state index is 12.9. The van der Waals surface area contributed by atoms with Crippen molar-refractivity contribution in [1.82, 2.24) is 4.90 Å². The highest BCUT2D eigenvalue weighted by Gasteiger charge is 2.40. The van der Waals surface area contributed by atoms with Gasteiger partial charge in [0.25, 0.3) is 5.69 Å². The third-order valence-electron chi connectivity index (χ3n) is 5.91. The first-order chi connectivity index (χ1) is 16.7. The molecule has 3 rings (SSSR count). The van der Waals surface area contributed by atoms with Gasteiger partial charge in [-0.05, 0) is 31.9 Å². The summed E-state index contributed by atoms with van der Waals surface area (Å²) in [6.45, 7) is 3.94. The van der Waals surface area contributed by atoms with Crippen molar-refractivity contribution in [3.05, 3.63) is 57.6 Å². The average Bonchev–Trinajstić information content (AvgIpc) is 2.85. The van der Waals surface area contributed by atoms with Crippen molar-refractivity contribution in [2.75, 3.05) is 32.8 Å². The molecule has 2 amide bonds. The highest BCUT2D eigenvalue weighted by molar-refractivity contribution is 5.91. The lowest BCUT2D eigenvalue weighted by Gasteiger charge is -2.42. The lowest BCUT2D eigenvalue weighted by Crippen LogP contribution is -2.47. The van der Waals surface area contributed by atoms with E-state index in [1.165, 1.54) is 38.4 Å². The van der Waals surface area contributed by atoms with Gasteiger partial charge in [-0.15, -0.1) is 0 Å². The maximum atomic E-state index is 12.9. The summed E-state index contributed by atoms with van der Waals surface area (Å²) < 4.78 is 21.3. The molecule has 0 spiro atoms. The molecular weight excluding hydrogens is 458 g/mol. The van der Waals surface area contributed by atoms with Gasteiger partial charge in [0.05, 0.1) is 44.6 Å². The standard InChI is InChI=1S/C24H29N3O8/c1-6-35-24(29)26-15(2)11-19(18-12-21(32-3)22(33-4)13-20(18)26)25(23(28)34-5)14-16-7-9-17(10-8-16)27(30)31/h7-10,12-13,15,19H,6,11,14H2,1-5H3/t15-,19+/m0/s1. The normalized spacial score (nSPS) is 16.7. The molecule has 1 heterocycles. The second-order valence-corrected chi connectivity index (χ2v) is 7.96. The smallest absolute Gasteiger partial charge is 0.414 e. The third-order valence-corrected chi connectivity index (χ3v) is 5.91. The van der Waals surface area contributed by atoms with Gasteiger partial charge in [0, 0.05) is 36.3 Å². The molecule has 35 heavy (non-hydrogen) atoms. The summed E-state index contributed by atoms with van der Waals surface area (Å²) in [6, 6.07) is 8.58. The van der Waals surface area contributed by atoms with E-state index in [4.69, 9.17) is 18.9 Å². The van der Waals surface area contributed by atoms with E-state index in [2.05, 4.69) is 0 Å². The minimum Gasteiger partial charge on any atom is -0.493 e. The molecule has 11 nitrogen and oxygen atoms in total. The highest BCUT2D eigenvalue weighted by Crippen LogP contribution is 2.46. The molecule has 188 valence electrons. The Morgan fingerprint density at radius 2 is 1.74 bits per heavy atom. The van der Waals surface area contributed by atoms with E-state index in [-0.39, 0.29) is 24.9 Å². The van der Waals surface area contributed by atoms with Crippen molar-refractivity contribution < 1.29 is 33.5 Å². The van der Waals surface area contributed by atoms with Crippen LogP contribution in [0.2, 0.25) is 0 Å². The van der Waals surface area contributed by atoms with Crippen LogP contribution >= 0.6 is 0 Å². The number of amides is 2. The fraction of sp³-hybridized carbons (Fsp3) is 0.417. The molecule has 0 N–H and O–H groups in total. The van der Waals surface area contributed by atoms with Crippen molar-refractivity contribution >= 4 is 23.6 Å². The van der Waals surface area contributed by atoms with Crippen LogP contribution in [-0.4, -0.2) is 56.0 Å². The van der Waals surface area contributed by atoms with E-state index in [9.17, 15) is 19.7 Å². The molecule has 1 aliphatic rings. The minimum absolute atomic E-state index is 0.0445. The monoisotopic (exact) mass is 487 g/mol. The molecule has 2 atom stereocenters. The van der Waals surface area contributed by atoms with Gasteiger partial charge >= 0.3 is 12.2 Å². The van der Waals surface area contributed by atoms with Crippen molar-refractivity contribution in [2.24, 2.45) is 0 Å². The lowest BCUT2D eigenvalue weighted by atomic mass is 9.90. The van der Waals surface area contributed by atoms with Crippen LogP contribution in [0.4, 0.5) is 21.0 Å². The van der Waals surface area contributed by atoms with E-state index in [0.29, 0.717) is 34.7 Å². The number of fused-ring (bicyclic) bond motifs is 1. The molecule has 2 aromatic carbocycles. The maximum Gasteiger partial charge on any atom is 0.414 e. The number of rotatable bonds is 7. The summed E-state index contributed by atoms with van der Waals surface area (Å²) in [4.78, 5) is 39.4. The number of non-ortho nitro benzene ring substituents is 1. The molecule has 0 saturated carbocycles. The van der Waals surface area contributed by atoms with E-state index in [0.717, 1.165) is 0 Å². The van der Waals surface area contributed by atoms with Crippen LogP contribution in [0.1, 0.15) is 37.4 Å². The first kappa shape index (κ1) is 25.6. The Morgan fingerprint density at radius 3 is 2.29 bits per heavy atom. The number of nitrogens with zero attached hydrogens (tertiary/aromatic N) is 3. The second kappa shape index (κ2) is 10.9. The van der Waals surface area contributed by atoms with Crippen LogP contribution in [0, 0.1) is 10.1 Å². The summed E-state index contributed by atoms with van der Waals surface area (Å²) in [7, 11) is 4.29. The number of nitro groups is 1. The molecule has 0 fully saturated rings.